The quantitative estimate of drug-likeness (QED) is 0.692. The van der Waals surface area contributed by atoms with Crippen LogP contribution in [0.25, 0.3) is 0 Å². The van der Waals surface area contributed by atoms with E-state index >= 15 is 0 Å². The largest absolute Gasteiger partial charge is 0.493 e. The molecule has 156 valence electrons. The summed E-state index contributed by atoms with van der Waals surface area (Å²) in [5.41, 5.74) is 1.85. The van der Waals surface area contributed by atoms with Crippen LogP contribution in [0.1, 0.15) is 43.6 Å². The van der Waals surface area contributed by atoms with Gasteiger partial charge in [-0.05, 0) is 80.3 Å². The fourth-order valence-corrected chi connectivity index (χ4v) is 4.52. The molecule has 2 N–H and O–H groups in total. The van der Waals surface area contributed by atoms with Gasteiger partial charge in [0.15, 0.2) is 11.5 Å². The third kappa shape index (κ3) is 5.02. The van der Waals surface area contributed by atoms with Crippen molar-refractivity contribution in [3.8, 4) is 11.5 Å². The summed E-state index contributed by atoms with van der Waals surface area (Å²) in [5, 5.41) is 6.82. The Morgan fingerprint density at radius 2 is 1.90 bits per heavy atom. The number of halogens is 1. The van der Waals surface area contributed by atoms with Crippen LogP contribution in [0.3, 0.4) is 0 Å². The van der Waals surface area contributed by atoms with Crippen molar-refractivity contribution in [3.05, 3.63) is 53.8 Å². The maximum Gasteiger partial charge on any atom is 0.161 e. The van der Waals surface area contributed by atoms with Gasteiger partial charge in [0.2, 0.25) is 0 Å². The number of rotatable bonds is 7. The van der Waals surface area contributed by atoms with Gasteiger partial charge >= 0.3 is 0 Å². The Kier molecular flexibility index (Phi) is 6.55. The van der Waals surface area contributed by atoms with Crippen molar-refractivity contribution >= 4 is 5.69 Å². The Bertz CT molecular complexity index is 807. The first-order valence-corrected chi connectivity index (χ1v) is 10.8. The van der Waals surface area contributed by atoms with Crippen molar-refractivity contribution in [2.45, 2.75) is 44.1 Å². The Morgan fingerprint density at radius 1 is 1.07 bits per heavy atom. The van der Waals surface area contributed by atoms with E-state index in [1.165, 1.54) is 24.5 Å². The zero-order valence-corrected chi connectivity index (χ0v) is 17.1. The Labute approximate surface area is 172 Å². The summed E-state index contributed by atoms with van der Waals surface area (Å²) in [5.74, 6) is 2.32. The van der Waals surface area contributed by atoms with Crippen LogP contribution in [0.4, 0.5) is 10.1 Å². The van der Waals surface area contributed by atoms with Crippen LogP contribution in [0.15, 0.2) is 42.5 Å². The minimum absolute atomic E-state index is 0.198. The molecule has 5 heteroatoms. The lowest BCUT2D eigenvalue weighted by atomic mass is 9.85. The molecule has 1 aliphatic heterocycles. The summed E-state index contributed by atoms with van der Waals surface area (Å²) in [6.07, 6.45) is 6.11. The molecule has 0 spiro atoms. The van der Waals surface area contributed by atoms with E-state index < -0.39 is 0 Å². The Hall–Kier alpha value is -2.27. The van der Waals surface area contributed by atoms with Gasteiger partial charge in [-0.1, -0.05) is 18.2 Å². The SMILES string of the molecule is COc1ccc([C@H]2CNC[C@@H](CNc3ccccc3F)C2)cc1OC1CCCC1. The van der Waals surface area contributed by atoms with Crippen molar-refractivity contribution in [2.24, 2.45) is 5.92 Å². The summed E-state index contributed by atoms with van der Waals surface area (Å²) < 4.78 is 25.7. The first kappa shape index (κ1) is 20.0. The molecular weight excluding hydrogens is 367 g/mol. The molecule has 2 atom stereocenters. The molecule has 0 unspecified atom stereocenters. The van der Waals surface area contributed by atoms with Gasteiger partial charge in [-0.3, -0.25) is 0 Å². The number of para-hydroxylation sites is 1. The van der Waals surface area contributed by atoms with Crippen molar-refractivity contribution < 1.29 is 13.9 Å². The zero-order valence-electron chi connectivity index (χ0n) is 17.1. The van der Waals surface area contributed by atoms with Gasteiger partial charge in [-0.2, -0.15) is 0 Å². The van der Waals surface area contributed by atoms with Crippen molar-refractivity contribution in [3.63, 3.8) is 0 Å². The molecule has 2 aromatic carbocycles. The molecule has 29 heavy (non-hydrogen) atoms. The molecule has 1 aliphatic carbocycles. The molecule has 0 radical (unpaired) electrons. The highest BCUT2D eigenvalue weighted by Crippen LogP contribution is 2.36. The minimum Gasteiger partial charge on any atom is -0.493 e. The second kappa shape index (κ2) is 9.49. The van der Waals surface area contributed by atoms with Crippen LogP contribution in [0, 0.1) is 11.7 Å². The normalized spacial score (nSPS) is 22.4. The standard InChI is InChI=1S/C24H31FN2O2/c1-28-23-11-10-18(13-24(23)29-20-6-2-3-7-20)19-12-17(14-26-16-19)15-27-22-9-5-4-8-21(22)25/h4-5,8-11,13,17,19-20,26-27H,2-3,6-7,12,14-16H2,1H3/t17-,19+/m0/s1. The molecule has 1 heterocycles. The van der Waals surface area contributed by atoms with E-state index in [0.29, 0.717) is 23.6 Å². The number of anilines is 1. The van der Waals surface area contributed by atoms with Gasteiger partial charge in [0, 0.05) is 13.1 Å². The summed E-state index contributed by atoms with van der Waals surface area (Å²) in [6, 6.07) is 13.2. The number of ether oxygens (including phenoxy) is 2. The number of piperidine rings is 1. The number of hydrogen-bond acceptors (Lipinski definition) is 4. The monoisotopic (exact) mass is 398 g/mol. The highest BCUT2D eigenvalue weighted by molar-refractivity contribution is 5.45. The Morgan fingerprint density at radius 3 is 2.69 bits per heavy atom. The lowest BCUT2D eigenvalue weighted by molar-refractivity contribution is 0.200. The van der Waals surface area contributed by atoms with Crippen LogP contribution in [-0.2, 0) is 0 Å². The fourth-order valence-electron chi connectivity index (χ4n) is 4.52. The maximum absolute atomic E-state index is 13.9. The summed E-state index contributed by atoms with van der Waals surface area (Å²) in [6.45, 7) is 2.65. The van der Waals surface area contributed by atoms with Gasteiger partial charge in [0.1, 0.15) is 5.82 Å². The lowest BCUT2D eigenvalue weighted by Gasteiger charge is -2.31. The molecular formula is C24H31FN2O2. The lowest BCUT2D eigenvalue weighted by Crippen LogP contribution is -2.38. The summed E-state index contributed by atoms with van der Waals surface area (Å²) in [7, 11) is 1.70. The fraction of sp³-hybridized carbons (Fsp3) is 0.500. The third-order valence-corrected chi connectivity index (χ3v) is 6.15. The average Bonchev–Trinajstić information content (AvgIpc) is 3.26. The molecule has 0 aromatic heterocycles. The van der Waals surface area contributed by atoms with E-state index in [1.807, 2.05) is 12.1 Å². The van der Waals surface area contributed by atoms with E-state index in [4.69, 9.17) is 9.47 Å². The van der Waals surface area contributed by atoms with Crippen LogP contribution < -0.4 is 20.1 Å². The first-order chi connectivity index (χ1) is 14.2. The third-order valence-electron chi connectivity index (χ3n) is 6.15. The molecule has 4 rings (SSSR count). The average molecular weight is 399 g/mol. The topological polar surface area (TPSA) is 42.5 Å². The van der Waals surface area contributed by atoms with E-state index in [-0.39, 0.29) is 5.82 Å². The van der Waals surface area contributed by atoms with Gasteiger partial charge < -0.3 is 20.1 Å². The van der Waals surface area contributed by atoms with Crippen LogP contribution in [0.2, 0.25) is 0 Å². The van der Waals surface area contributed by atoms with Gasteiger partial charge in [0.05, 0.1) is 18.9 Å². The van der Waals surface area contributed by atoms with E-state index in [2.05, 4.69) is 22.8 Å². The number of methoxy groups -OCH3 is 1. The summed E-state index contributed by atoms with van der Waals surface area (Å²) >= 11 is 0. The zero-order chi connectivity index (χ0) is 20.1. The van der Waals surface area contributed by atoms with Crippen molar-refractivity contribution in [1.29, 1.82) is 0 Å². The van der Waals surface area contributed by atoms with E-state index in [9.17, 15) is 4.39 Å². The maximum atomic E-state index is 13.9. The first-order valence-electron chi connectivity index (χ1n) is 10.8. The van der Waals surface area contributed by atoms with Gasteiger partial charge in [-0.15, -0.1) is 0 Å². The number of hydrogen-bond donors (Lipinski definition) is 2. The second-order valence-electron chi connectivity index (χ2n) is 8.25. The summed E-state index contributed by atoms with van der Waals surface area (Å²) in [4.78, 5) is 0. The predicted molar refractivity (Wildman–Crippen MR) is 114 cm³/mol. The molecule has 2 aliphatic rings. The van der Waals surface area contributed by atoms with E-state index in [0.717, 1.165) is 50.4 Å². The second-order valence-corrected chi connectivity index (χ2v) is 8.25. The highest BCUT2D eigenvalue weighted by atomic mass is 19.1. The van der Waals surface area contributed by atoms with Crippen molar-refractivity contribution in [2.75, 3.05) is 32.1 Å². The Balaban J connectivity index is 1.41. The molecule has 2 aromatic rings. The predicted octanol–water partition coefficient (Wildman–Crippen LogP) is 4.96. The molecule has 0 bridgehead atoms. The molecule has 1 saturated heterocycles. The highest BCUT2D eigenvalue weighted by Gasteiger charge is 2.25. The minimum atomic E-state index is -0.198. The van der Waals surface area contributed by atoms with Crippen molar-refractivity contribution in [1.82, 2.24) is 5.32 Å². The molecule has 4 nitrogen and oxygen atoms in total. The van der Waals surface area contributed by atoms with Crippen LogP contribution >= 0.6 is 0 Å². The van der Waals surface area contributed by atoms with Gasteiger partial charge in [0.25, 0.3) is 0 Å². The smallest absolute Gasteiger partial charge is 0.161 e. The number of benzene rings is 2. The van der Waals surface area contributed by atoms with Crippen LogP contribution in [0.5, 0.6) is 11.5 Å². The van der Waals surface area contributed by atoms with Crippen LogP contribution in [-0.4, -0.2) is 32.8 Å². The van der Waals surface area contributed by atoms with E-state index in [1.54, 1.807) is 19.2 Å². The molecule has 0 amide bonds. The van der Waals surface area contributed by atoms with Gasteiger partial charge in [-0.25, -0.2) is 4.39 Å². The molecule has 2 fully saturated rings. The number of nitrogens with one attached hydrogen (secondary N) is 2. The molecule has 1 saturated carbocycles.